The Kier molecular flexibility index (Phi) is 5.36. The first-order chi connectivity index (χ1) is 12.4. The van der Waals surface area contributed by atoms with E-state index >= 15 is 0 Å². The Morgan fingerprint density at radius 1 is 1.12 bits per heavy atom. The normalized spacial score (nSPS) is 11.3. The molecule has 136 valence electrons. The van der Waals surface area contributed by atoms with Crippen LogP contribution >= 0.6 is 23.2 Å². The maximum Gasteiger partial charge on any atom is 0.264 e. The van der Waals surface area contributed by atoms with Gasteiger partial charge in [-0.1, -0.05) is 29.3 Å². The molecule has 0 amide bonds. The summed E-state index contributed by atoms with van der Waals surface area (Å²) in [6.07, 6.45) is 1.39. The Hall–Kier alpha value is -2.29. The molecular weight excluding hydrogens is 399 g/mol. The standard InChI is InChI=1S/C16H14Cl2N4O3S/c1-25-11-5-7-12(8-6-11)26(23,24)21-16-19-10-22(20-16)9-13-14(17)3-2-4-15(13)18/h2-8,10H,9H2,1H3,(H,20,21). The molecule has 3 aromatic rings. The molecule has 0 aliphatic heterocycles. The van der Waals surface area contributed by atoms with E-state index in [1.54, 1.807) is 30.3 Å². The SMILES string of the molecule is COc1ccc(S(=O)(=O)Nc2ncn(Cc3c(Cl)cccc3Cl)n2)cc1. The fraction of sp³-hybridized carbons (Fsp3) is 0.125. The molecule has 1 N–H and O–H groups in total. The van der Waals surface area contributed by atoms with Crippen molar-refractivity contribution in [1.29, 1.82) is 0 Å². The third-order valence-electron chi connectivity index (χ3n) is 3.51. The van der Waals surface area contributed by atoms with E-state index in [0.29, 0.717) is 21.4 Å². The summed E-state index contributed by atoms with van der Waals surface area (Å²) in [5, 5.41) is 5.09. The average molecular weight is 413 g/mol. The van der Waals surface area contributed by atoms with Gasteiger partial charge in [0.25, 0.3) is 16.0 Å². The number of methoxy groups -OCH3 is 1. The van der Waals surface area contributed by atoms with Gasteiger partial charge in [-0.25, -0.2) is 17.8 Å². The van der Waals surface area contributed by atoms with Crippen LogP contribution in [0.2, 0.25) is 10.0 Å². The van der Waals surface area contributed by atoms with Crippen LogP contribution < -0.4 is 9.46 Å². The smallest absolute Gasteiger partial charge is 0.264 e. The van der Waals surface area contributed by atoms with Gasteiger partial charge in [0.2, 0.25) is 0 Å². The van der Waals surface area contributed by atoms with Crippen molar-refractivity contribution in [3.63, 3.8) is 0 Å². The van der Waals surface area contributed by atoms with Gasteiger partial charge in [-0.2, -0.15) is 4.98 Å². The molecule has 0 radical (unpaired) electrons. The second-order valence-electron chi connectivity index (χ2n) is 5.25. The molecule has 2 aromatic carbocycles. The lowest BCUT2D eigenvalue weighted by atomic mass is 10.2. The van der Waals surface area contributed by atoms with Crippen molar-refractivity contribution in [2.45, 2.75) is 11.4 Å². The van der Waals surface area contributed by atoms with Crippen LogP contribution in [0.15, 0.2) is 53.7 Å². The average Bonchev–Trinajstić information content (AvgIpc) is 3.05. The molecule has 0 saturated carbocycles. The van der Waals surface area contributed by atoms with Gasteiger partial charge >= 0.3 is 0 Å². The molecule has 0 aliphatic rings. The van der Waals surface area contributed by atoms with Gasteiger partial charge in [0.15, 0.2) is 0 Å². The maximum atomic E-state index is 12.4. The van der Waals surface area contributed by atoms with E-state index in [1.807, 2.05) is 0 Å². The van der Waals surface area contributed by atoms with Crippen LogP contribution in [0.5, 0.6) is 5.75 Å². The maximum absolute atomic E-state index is 12.4. The first-order valence-electron chi connectivity index (χ1n) is 7.38. The van der Waals surface area contributed by atoms with Crippen LogP contribution in [0.25, 0.3) is 0 Å². The van der Waals surface area contributed by atoms with Gasteiger partial charge < -0.3 is 4.74 Å². The van der Waals surface area contributed by atoms with E-state index in [4.69, 9.17) is 27.9 Å². The van der Waals surface area contributed by atoms with Crippen molar-refractivity contribution in [1.82, 2.24) is 14.8 Å². The lowest BCUT2D eigenvalue weighted by molar-refractivity contribution is 0.414. The number of anilines is 1. The zero-order valence-electron chi connectivity index (χ0n) is 13.6. The van der Waals surface area contributed by atoms with Crippen LogP contribution in [-0.4, -0.2) is 30.3 Å². The third kappa shape index (κ3) is 4.09. The van der Waals surface area contributed by atoms with Gasteiger partial charge in [-0.3, -0.25) is 0 Å². The number of hydrogen-bond acceptors (Lipinski definition) is 5. The number of nitrogens with one attached hydrogen (secondary N) is 1. The molecule has 0 saturated heterocycles. The highest BCUT2D eigenvalue weighted by Gasteiger charge is 2.17. The molecule has 0 spiro atoms. The van der Waals surface area contributed by atoms with E-state index in [2.05, 4.69) is 14.8 Å². The van der Waals surface area contributed by atoms with Gasteiger partial charge in [0, 0.05) is 15.6 Å². The zero-order chi connectivity index (χ0) is 18.7. The molecule has 1 heterocycles. The Morgan fingerprint density at radius 2 is 1.77 bits per heavy atom. The summed E-state index contributed by atoms with van der Waals surface area (Å²) >= 11 is 12.3. The quantitative estimate of drug-likeness (QED) is 0.669. The van der Waals surface area contributed by atoms with E-state index in [9.17, 15) is 8.42 Å². The number of halogens is 2. The summed E-state index contributed by atoms with van der Waals surface area (Å²) < 4.78 is 33.6. The van der Waals surface area contributed by atoms with E-state index in [1.165, 1.54) is 30.3 Å². The zero-order valence-corrected chi connectivity index (χ0v) is 15.9. The first-order valence-corrected chi connectivity index (χ1v) is 9.62. The summed E-state index contributed by atoms with van der Waals surface area (Å²) in [5.74, 6) is 0.506. The highest BCUT2D eigenvalue weighted by Crippen LogP contribution is 2.25. The van der Waals surface area contributed by atoms with Crippen LogP contribution in [0.4, 0.5) is 5.95 Å². The van der Waals surface area contributed by atoms with Crippen molar-refractivity contribution in [2.24, 2.45) is 0 Å². The molecule has 7 nitrogen and oxygen atoms in total. The second kappa shape index (κ2) is 7.53. The molecule has 1 aromatic heterocycles. The summed E-state index contributed by atoms with van der Waals surface area (Å²) in [7, 11) is -2.31. The number of nitrogens with zero attached hydrogens (tertiary/aromatic N) is 3. The molecular formula is C16H14Cl2N4O3S. The molecule has 10 heteroatoms. The van der Waals surface area contributed by atoms with Gasteiger partial charge in [-0.15, -0.1) is 5.10 Å². The monoisotopic (exact) mass is 412 g/mol. The molecule has 0 atom stereocenters. The lowest BCUT2D eigenvalue weighted by Crippen LogP contribution is -2.14. The molecule has 0 bridgehead atoms. The predicted octanol–water partition coefficient (Wildman–Crippen LogP) is 3.44. The molecule has 26 heavy (non-hydrogen) atoms. The number of hydrogen-bond donors (Lipinski definition) is 1. The second-order valence-corrected chi connectivity index (χ2v) is 7.74. The van der Waals surface area contributed by atoms with Crippen molar-refractivity contribution in [3.05, 3.63) is 64.4 Å². The Bertz CT molecular complexity index is 1000. The largest absolute Gasteiger partial charge is 0.497 e. The van der Waals surface area contributed by atoms with Crippen LogP contribution in [0.3, 0.4) is 0 Å². The van der Waals surface area contributed by atoms with Gasteiger partial charge in [0.05, 0.1) is 18.6 Å². The highest BCUT2D eigenvalue weighted by molar-refractivity contribution is 7.92. The van der Waals surface area contributed by atoms with E-state index in [0.717, 1.165) is 0 Å². The third-order valence-corrected chi connectivity index (χ3v) is 5.57. The highest BCUT2D eigenvalue weighted by atomic mass is 35.5. The topological polar surface area (TPSA) is 86.1 Å². The molecule has 0 aliphatic carbocycles. The Labute approximate surface area is 160 Å². The Morgan fingerprint density at radius 3 is 2.38 bits per heavy atom. The van der Waals surface area contributed by atoms with Gasteiger partial charge in [0.1, 0.15) is 12.1 Å². The molecule has 0 unspecified atom stereocenters. The number of ether oxygens (including phenoxy) is 1. The van der Waals surface area contributed by atoms with Crippen LogP contribution in [0, 0.1) is 0 Å². The Balaban J connectivity index is 1.77. The van der Waals surface area contributed by atoms with E-state index < -0.39 is 10.0 Å². The minimum Gasteiger partial charge on any atom is -0.497 e. The number of rotatable bonds is 6. The molecule has 3 rings (SSSR count). The minimum atomic E-state index is -3.81. The number of benzene rings is 2. The fourth-order valence-corrected chi connectivity index (χ4v) is 3.66. The van der Waals surface area contributed by atoms with Gasteiger partial charge in [-0.05, 0) is 36.4 Å². The van der Waals surface area contributed by atoms with Crippen LogP contribution in [-0.2, 0) is 16.6 Å². The van der Waals surface area contributed by atoms with Crippen molar-refractivity contribution in [2.75, 3.05) is 11.8 Å². The van der Waals surface area contributed by atoms with Crippen molar-refractivity contribution >= 4 is 39.2 Å². The van der Waals surface area contributed by atoms with E-state index in [-0.39, 0.29) is 17.4 Å². The predicted molar refractivity (Wildman–Crippen MR) is 99.4 cm³/mol. The number of aromatic nitrogens is 3. The summed E-state index contributed by atoms with van der Waals surface area (Å²) in [4.78, 5) is 4.04. The summed E-state index contributed by atoms with van der Waals surface area (Å²) in [6.45, 7) is 0.260. The fourth-order valence-electron chi connectivity index (χ4n) is 2.20. The lowest BCUT2D eigenvalue weighted by Gasteiger charge is -2.07. The van der Waals surface area contributed by atoms with Crippen LogP contribution in [0.1, 0.15) is 5.56 Å². The van der Waals surface area contributed by atoms with Crippen molar-refractivity contribution in [3.8, 4) is 5.75 Å². The summed E-state index contributed by atoms with van der Waals surface area (Å²) in [6, 6.07) is 11.1. The number of sulfonamides is 1. The molecule has 0 fully saturated rings. The van der Waals surface area contributed by atoms with Crippen molar-refractivity contribution < 1.29 is 13.2 Å². The minimum absolute atomic E-state index is 0.0519. The first kappa shape index (κ1) is 18.5. The summed E-state index contributed by atoms with van der Waals surface area (Å²) in [5.41, 5.74) is 0.672.